The van der Waals surface area contributed by atoms with E-state index < -0.39 is 0 Å². The first-order chi connectivity index (χ1) is 72.0. The van der Waals surface area contributed by atoms with Crippen molar-refractivity contribution in [3.63, 3.8) is 0 Å². The first-order valence-corrected chi connectivity index (χ1v) is 49.4. The molecule has 670 valence electrons. The van der Waals surface area contributed by atoms with Gasteiger partial charge in [0.15, 0.2) is 16.9 Å². The topological polar surface area (TPSA) is 110 Å². The van der Waals surface area contributed by atoms with Crippen LogP contribution in [0.4, 0.5) is 0 Å². The molecule has 0 radical (unpaired) electrons. The average molecular weight is 1850 g/mol. The zero-order chi connectivity index (χ0) is 94.5. The van der Waals surface area contributed by atoms with Gasteiger partial charge in [-0.3, -0.25) is 13.2 Å². The van der Waals surface area contributed by atoms with E-state index in [1.165, 1.54) is 181 Å². The highest BCUT2D eigenvalue weighted by molar-refractivity contribution is 6.35. The fourth-order valence-electron chi connectivity index (χ4n) is 24.4. The number of aromatic nitrogens is 13. The minimum absolute atomic E-state index is 0.885. The summed E-state index contributed by atoms with van der Waals surface area (Å²) in [5.74, 6) is 0. The Hall–Kier alpha value is -19.8. The van der Waals surface area contributed by atoms with E-state index in [4.69, 9.17) is 29.9 Å². The maximum absolute atomic E-state index is 5.37. The van der Waals surface area contributed by atoms with Crippen molar-refractivity contribution in [2.45, 2.75) is 0 Å². The van der Waals surface area contributed by atoms with Crippen LogP contribution in [0.15, 0.2) is 467 Å². The van der Waals surface area contributed by atoms with Crippen molar-refractivity contribution in [2.24, 2.45) is 0 Å². The van der Waals surface area contributed by atoms with E-state index in [0.717, 1.165) is 122 Å². The molecule has 0 aliphatic rings. The van der Waals surface area contributed by atoms with Crippen LogP contribution in [0.3, 0.4) is 0 Å². The minimum Gasteiger partial charge on any atom is -0.309 e. The summed E-state index contributed by atoms with van der Waals surface area (Å²) in [6, 6.07) is 167. The van der Waals surface area contributed by atoms with Crippen molar-refractivity contribution in [2.75, 3.05) is 0 Å². The maximum Gasteiger partial charge on any atom is 0.165 e. The lowest BCUT2D eigenvalue weighted by atomic mass is 9.98. The van der Waals surface area contributed by atoms with Crippen LogP contribution < -0.4 is 0 Å². The third-order valence-electron chi connectivity index (χ3n) is 30.5. The van der Waals surface area contributed by atoms with Gasteiger partial charge in [-0.15, -0.1) is 0 Å². The molecule has 0 aliphatic carbocycles. The number of nitrogens with zero attached hydrogens (tertiary/aromatic N) is 13. The molecule has 0 saturated heterocycles. The van der Waals surface area contributed by atoms with E-state index >= 15 is 0 Å². The van der Waals surface area contributed by atoms with Gasteiger partial charge < -0.3 is 18.3 Å². The molecule has 0 fully saturated rings. The molecule has 13 nitrogen and oxygen atoms in total. The summed E-state index contributed by atoms with van der Waals surface area (Å²) in [6.45, 7) is 0. The smallest absolute Gasteiger partial charge is 0.165 e. The van der Waals surface area contributed by atoms with E-state index in [2.05, 4.69) is 456 Å². The number of para-hydroxylation sites is 13. The number of hydrogen-bond donors (Lipinski definition) is 0. The van der Waals surface area contributed by atoms with Crippen molar-refractivity contribution in [1.29, 1.82) is 0 Å². The molecule has 13 aromatic heterocycles. The maximum atomic E-state index is 5.37. The molecule has 145 heavy (non-hydrogen) atoms. The predicted molar refractivity (Wildman–Crippen MR) is 602 cm³/mol. The zero-order valence-electron chi connectivity index (χ0n) is 77.8. The summed E-state index contributed by atoms with van der Waals surface area (Å²) in [5, 5.41) is 20.5. The monoisotopic (exact) mass is 1840 g/mol. The Kier molecular flexibility index (Phi) is 16.6. The van der Waals surface area contributed by atoms with Crippen molar-refractivity contribution >= 4 is 235 Å². The minimum atomic E-state index is 0.885. The van der Waals surface area contributed by atoms with Crippen LogP contribution in [0.2, 0.25) is 0 Å². The van der Waals surface area contributed by atoms with E-state index in [1.807, 2.05) is 42.5 Å². The standard InChI is InChI=1S/C50H29N5.C44H26N4.C38H22N4/c1-3-13-32(14-4-1)53-42-21-11-7-17-34(42)37-27-30(23-25-44(37)53)31-28-38-35-24-26-45-46(36-18-8-12-22-43(36)54(45)33-15-5-2-6-16-33)49(35)55-48(38)39(29-31)47-50(55)52-41-20-10-9-19-40(41)51-47;1-3-11-27(12-4-1)29-15-9-16-31(25-29)47-39-26-30(28-13-5-2-6-14-28)21-22-32(39)34-23-24-35-33-17-10-18-36-40-44(48(41(33)36)43(35)42(34)47)46-38-20-8-7-19-37(38)45-40;1-3-10-23(11-4-1)24-18-19-28-33(22-24)41(25-12-5-2-6-13-25)32-21-20-27-26-14-9-15-29-35-38(42(36(26)29)37(27)34(28)32)40-31-17-8-7-16-30(31)39-35/h1-29H;1-26H;1-22H. The zero-order valence-corrected chi connectivity index (χ0v) is 77.8. The lowest BCUT2D eigenvalue weighted by molar-refractivity contribution is 1.18. The SMILES string of the molecule is c1ccc(-c2ccc3c4c(ccc5c6cccc7c8nc9ccccc9nc8n(c67)c54)n(-c4ccccc4)c3c2)cc1.c1ccc(-c2cccc(-n3c4cc(-c5ccccc5)ccc4c4ccc5c6cccc7c8nc9ccccc9nc8n(c67)c5c43)c2)cc1.c1ccc(-n2c3ccccc3c3cc(-c4cc5c6ccc7c(c8ccccc8n7-c7ccccc7)c6n6c7nc8ccccc8nc7c(c4)c56)ccc32)cc1. The number of hydrogen-bond acceptors (Lipinski definition) is 6. The highest BCUT2D eigenvalue weighted by atomic mass is 15.1. The first kappa shape index (κ1) is 79.2. The number of fused-ring (bicyclic) bond motifs is 36. The van der Waals surface area contributed by atoms with Gasteiger partial charge in [0.05, 0.1) is 110 Å². The summed E-state index contributed by atoms with van der Waals surface area (Å²) in [4.78, 5) is 31.5. The summed E-state index contributed by atoms with van der Waals surface area (Å²) in [7, 11) is 0. The molecule has 0 amide bonds. The largest absolute Gasteiger partial charge is 0.309 e. The average Bonchev–Trinajstić information content (AvgIpc) is 1.52. The highest BCUT2D eigenvalue weighted by Gasteiger charge is 2.31. The van der Waals surface area contributed by atoms with Crippen molar-refractivity contribution in [1.82, 2.24) is 61.4 Å². The van der Waals surface area contributed by atoms with Crippen LogP contribution in [-0.4, -0.2) is 61.4 Å². The van der Waals surface area contributed by atoms with Gasteiger partial charge in [0.1, 0.15) is 16.6 Å². The third kappa shape index (κ3) is 11.4. The molecule has 34 aromatic rings. The van der Waals surface area contributed by atoms with Gasteiger partial charge >= 0.3 is 0 Å². The quantitative estimate of drug-likeness (QED) is 0.150. The van der Waals surface area contributed by atoms with Gasteiger partial charge in [-0.05, 0) is 190 Å². The fourth-order valence-corrected chi connectivity index (χ4v) is 24.4. The Morgan fingerprint density at radius 2 is 0.421 bits per heavy atom. The molecule has 0 bridgehead atoms. The Balaban J connectivity index is 0.0000000980. The van der Waals surface area contributed by atoms with Gasteiger partial charge in [-0.2, -0.15) is 0 Å². The normalized spacial score (nSPS) is 12.3. The van der Waals surface area contributed by atoms with Gasteiger partial charge in [0.25, 0.3) is 0 Å². The molecule has 0 saturated carbocycles. The van der Waals surface area contributed by atoms with Gasteiger partial charge in [0.2, 0.25) is 0 Å². The van der Waals surface area contributed by atoms with Crippen molar-refractivity contribution in [3.05, 3.63) is 467 Å². The molecule has 0 N–H and O–H groups in total. The van der Waals surface area contributed by atoms with E-state index in [1.54, 1.807) is 0 Å². The van der Waals surface area contributed by atoms with Gasteiger partial charge in [-0.1, -0.05) is 322 Å². The van der Waals surface area contributed by atoms with E-state index in [0.29, 0.717) is 0 Å². The summed E-state index contributed by atoms with van der Waals surface area (Å²) in [5.41, 5.74) is 41.5. The Bertz CT molecular complexity index is 11400. The second kappa shape index (κ2) is 30.4. The molecule has 34 rings (SSSR count). The second-order valence-corrected chi connectivity index (χ2v) is 38.3. The molecular weight excluding hydrogens is 1770 g/mol. The molecular formula is C132H77N13. The Morgan fingerprint density at radius 3 is 0.945 bits per heavy atom. The number of rotatable bonds is 8. The first-order valence-electron chi connectivity index (χ1n) is 49.4. The third-order valence-corrected chi connectivity index (χ3v) is 30.5. The van der Waals surface area contributed by atoms with Crippen molar-refractivity contribution < 1.29 is 0 Å². The van der Waals surface area contributed by atoms with Crippen LogP contribution in [0.25, 0.3) is 303 Å². The molecule has 0 spiro atoms. The van der Waals surface area contributed by atoms with E-state index in [-0.39, 0.29) is 0 Å². The Morgan fingerprint density at radius 1 is 0.131 bits per heavy atom. The highest BCUT2D eigenvalue weighted by Crippen LogP contribution is 2.52. The molecule has 21 aromatic carbocycles. The number of benzene rings is 21. The lowest BCUT2D eigenvalue weighted by Crippen LogP contribution is -1.97. The van der Waals surface area contributed by atoms with Gasteiger partial charge in [0, 0.05) is 114 Å². The van der Waals surface area contributed by atoms with Crippen molar-refractivity contribution in [3.8, 4) is 67.3 Å². The molecule has 0 unspecified atom stereocenters. The van der Waals surface area contributed by atoms with Crippen LogP contribution in [0.1, 0.15) is 0 Å². The van der Waals surface area contributed by atoms with Crippen LogP contribution in [0, 0.1) is 0 Å². The van der Waals surface area contributed by atoms with E-state index in [9.17, 15) is 0 Å². The van der Waals surface area contributed by atoms with Crippen LogP contribution >= 0.6 is 0 Å². The van der Waals surface area contributed by atoms with Gasteiger partial charge in [-0.25, -0.2) is 29.9 Å². The molecule has 0 aliphatic heterocycles. The molecule has 13 heteroatoms. The molecule has 0 atom stereocenters. The summed E-state index contributed by atoms with van der Waals surface area (Å²) >= 11 is 0. The summed E-state index contributed by atoms with van der Waals surface area (Å²) in [6.07, 6.45) is 0. The fraction of sp³-hybridized carbons (Fsp3) is 0. The van der Waals surface area contributed by atoms with Crippen LogP contribution in [0.5, 0.6) is 0 Å². The summed E-state index contributed by atoms with van der Waals surface area (Å²) < 4.78 is 16.8. The predicted octanol–water partition coefficient (Wildman–Crippen LogP) is 33.4. The Labute approximate surface area is 825 Å². The molecule has 13 heterocycles. The lowest BCUT2D eigenvalue weighted by Gasteiger charge is -2.12. The second-order valence-electron chi connectivity index (χ2n) is 38.3. The van der Waals surface area contributed by atoms with Crippen LogP contribution in [-0.2, 0) is 0 Å².